The van der Waals surface area contributed by atoms with Crippen LogP contribution in [0.2, 0.25) is 0 Å². The first kappa shape index (κ1) is 39.3. The molecule has 0 bridgehead atoms. The van der Waals surface area contributed by atoms with E-state index in [2.05, 4.69) is 41.7 Å². The van der Waals surface area contributed by atoms with Gasteiger partial charge in [0, 0.05) is 48.0 Å². The number of H-pyrrole nitrogens is 2. The molecule has 0 aliphatic heterocycles. The third kappa shape index (κ3) is 9.29. The Hall–Kier alpha value is -6.52. The van der Waals surface area contributed by atoms with Crippen molar-refractivity contribution in [1.82, 2.24) is 60.2 Å². The Labute approximate surface area is 340 Å². The highest BCUT2D eigenvalue weighted by atomic mass is 19.1. The second-order valence-corrected chi connectivity index (χ2v) is 14.6. The Morgan fingerprint density at radius 2 is 1.03 bits per heavy atom. The Bertz CT molecular complexity index is 2600. The number of halogens is 2. The van der Waals surface area contributed by atoms with Crippen LogP contribution in [0.3, 0.4) is 0 Å². The van der Waals surface area contributed by atoms with Gasteiger partial charge >= 0.3 is 0 Å². The maximum atomic E-state index is 13.5. The third-order valence-electron chi connectivity index (χ3n) is 10.1. The van der Waals surface area contributed by atoms with Crippen LogP contribution in [0.5, 0.6) is 0 Å². The van der Waals surface area contributed by atoms with Crippen molar-refractivity contribution in [2.75, 3.05) is 10.6 Å². The lowest BCUT2D eigenvalue weighted by Crippen LogP contribution is -2.39. The summed E-state index contributed by atoms with van der Waals surface area (Å²) in [5.74, 6) is 3.47. The van der Waals surface area contributed by atoms with Crippen LogP contribution in [0.15, 0.2) is 97.3 Å². The van der Waals surface area contributed by atoms with Crippen LogP contribution in [-0.2, 0) is 0 Å². The predicted octanol–water partition coefficient (Wildman–Crippen LogP) is 8.39. The van der Waals surface area contributed by atoms with Gasteiger partial charge in [0.25, 0.3) is 0 Å². The van der Waals surface area contributed by atoms with Gasteiger partial charge in [-0.1, -0.05) is 44.5 Å². The lowest BCUT2D eigenvalue weighted by molar-refractivity contribution is 0.315. The Morgan fingerprint density at radius 1 is 0.610 bits per heavy atom. The molecule has 6 aromatic heterocycles. The fraction of sp³-hybridized carbons (Fsp3) is 0.302. The zero-order valence-electron chi connectivity index (χ0n) is 33.4. The molecule has 8 aromatic rings. The molecule has 59 heavy (non-hydrogen) atoms. The van der Waals surface area contributed by atoms with Crippen LogP contribution in [0.4, 0.5) is 32.1 Å². The van der Waals surface area contributed by atoms with E-state index in [0.717, 1.165) is 59.2 Å². The van der Waals surface area contributed by atoms with E-state index < -0.39 is 0 Å². The summed E-state index contributed by atoms with van der Waals surface area (Å²) in [5.41, 5.74) is 5.50. The topological polar surface area (TPSA) is 166 Å². The number of hydrogen-bond donors (Lipinski definition) is 6. The maximum Gasteiger partial charge on any atom is 0.173 e. The van der Waals surface area contributed by atoms with Gasteiger partial charge in [-0.2, -0.15) is 20.4 Å². The summed E-state index contributed by atoms with van der Waals surface area (Å²) in [4.78, 5) is 9.64. The first-order valence-corrected chi connectivity index (χ1v) is 20.1. The molecule has 0 spiro atoms. The van der Waals surface area contributed by atoms with Crippen molar-refractivity contribution in [3.8, 4) is 0 Å². The molecule has 2 fully saturated rings. The summed E-state index contributed by atoms with van der Waals surface area (Å²) < 4.78 is 30.5. The van der Waals surface area contributed by atoms with E-state index in [-0.39, 0.29) is 23.7 Å². The van der Waals surface area contributed by atoms with Gasteiger partial charge in [0.05, 0.1) is 12.1 Å². The molecule has 2 aliphatic carbocycles. The first-order valence-electron chi connectivity index (χ1n) is 20.1. The van der Waals surface area contributed by atoms with Crippen molar-refractivity contribution >= 4 is 34.3 Å². The molecule has 2 aliphatic rings. The van der Waals surface area contributed by atoms with Gasteiger partial charge < -0.3 is 21.3 Å². The summed E-state index contributed by atoms with van der Waals surface area (Å²) in [7, 11) is 0. The lowest BCUT2D eigenvalue weighted by Gasteiger charge is -2.31. The van der Waals surface area contributed by atoms with Gasteiger partial charge in [-0.15, -0.1) is 0 Å². The van der Waals surface area contributed by atoms with Gasteiger partial charge in [0.2, 0.25) is 0 Å². The van der Waals surface area contributed by atoms with Crippen molar-refractivity contribution in [1.29, 1.82) is 0 Å². The van der Waals surface area contributed by atoms with Crippen LogP contribution in [0.1, 0.15) is 92.2 Å². The van der Waals surface area contributed by atoms with E-state index in [9.17, 15) is 8.78 Å². The Morgan fingerprint density at radius 3 is 1.39 bits per heavy atom. The summed E-state index contributed by atoms with van der Waals surface area (Å²) in [6.07, 6.45) is 9.51. The van der Waals surface area contributed by atoms with Gasteiger partial charge in [-0.05, 0) is 99.2 Å². The largest absolute Gasteiger partial charge is 0.322 e. The minimum Gasteiger partial charge on any atom is -0.322 e. The molecule has 0 radical (unpaired) electrons. The lowest BCUT2D eigenvalue weighted by atomic mass is 9.91. The van der Waals surface area contributed by atoms with E-state index >= 15 is 0 Å². The molecule has 14 nitrogen and oxygen atoms in total. The van der Waals surface area contributed by atoms with Crippen LogP contribution in [-0.4, -0.2) is 61.7 Å². The first-order chi connectivity index (χ1) is 28.8. The van der Waals surface area contributed by atoms with Crippen LogP contribution >= 0.6 is 0 Å². The zero-order chi connectivity index (χ0) is 40.9. The average molecular weight is 799 g/mol. The predicted molar refractivity (Wildman–Crippen MR) is 224 cm³/mol. The highest BCUT2D eigenvalue weighted by molar-refractivity contribution is 5.73. The van der Waals surface area contributed by atoms with Gasteiger partial charge in [0.1, 0.15) is 22.7 Å². The molecule has 2 atom stereocenters. The van der Waals surface area contributed by atoms with E-state index in [0.29, 0.717) is 47.0 Å². The van der Waals surface area contributed by atoms with Crippen molar-refractivity contribution in [3.63, 3.8) is 0 Å². The van der Waals surface area contributed by atoms with E-state index in [4.69, 9.17) is 20.2 Å². The smallest absolute Gasteiger partial charge is 0.173 e. The zero-order valence-corrected chi connectivity index (χ0v) is 33.4. The molecule has 6 heterocycles. The molecule has 2 saturated carbocycles. The molecule has 16 heteroatoms. The van der Waals surface area contributed by atoms with Gasteiger partial charge in [-0.25, -0.2) is 27.8 Å². The SMILES string of the molecule is CC.Cc1cc(Nc2nc(C(NC3CC3)c3ccc(F)cc3)nn3cccc23)n[nH]1.Cc1cc(Nc2nc(C(NC3CCC3)c3ccc(F)cc3)nn3cccc23)n[nH]1. The number of nitrogens with zero attached hydrogens (tertiary/aromatic N) is 8. The number of nitrogens with one attached hydrogen (secondary N) is 6. The van der Waals surface area contributed by atoms with E-state index in [1.54, 1.807) is 28.8 Å². The Balaban J connectivity index is 0.000000158. The number of aryl methyl sites for hydroxylation is 2. The fourth-order valence-electron chi connectivity index (χ4n) is 6.78. The average Bonchev–Trinajstić information content (AvgIpc) is 3.60. The van der Waals surface area contributed by atoms with E-state index in [1.807, 2.05) is 81.0 Å². The number of aromatic amines is 2. The third-order valence-corrected chi connectivity index (χ3v) is 10.1. The van der Waals surface area contributed by atoms with Crippen LogP contribution in [0, 0.1) is 25.5 Å². The molecule has 0 amide bonds. The normalized spacial score (nSPS) is 14.8. The van der Waals surface area contributed by atoms with Crippen molar-refractivity contribution in [3.05, 3.63) is 143 Å². The maximum absolute atomic E-state index is 13.5. The van der Waals surface area contributed by atoms with Crippen LogP contribution in [0.25, 0.3) is 11.0 Å². The molecule has 0 saturated heterocycles. The second-order valence-electron chi connectivity index (χ2n) is 14.6. The second kappa shape index (κ2) is 17.5. The number of fused-ring (bicyclic) bond motifs is 2. The minimum atomic E-state index is -0.257. The molecule has 304 valence electrons. The molecular weight excluding hydrogens is 751 g/mol. The van der Waals surface area contributed by atoms with Gasteiger partial charge in [0.15, 0.2) is 34.9 Å². The van der Waals surface area contributed by atoms with Crippen molar-refractivity contribution in [2.45, 2.75) is 84.0 Å². The van der Waals surface area contributed by atoms with E-state index in [1.165, 1.54) is 30.7 Å². The van der Waals surface area contributed by atoms with Crippen LogP contribution < -0.4 is 21.3 Å². The highest BCUT2D eigenvalue weighted by Crippen LogP contribution is 2.31. The summed E-state index contributed by atoms with van der Waals surface area (Å²) in [6.45, 7) is 7.89. The number of rotatable bonds is 12. The molecule has 6 N–H and O–H groups in total. The molecule has 10 rings (SSSR count). The van der Waals surface area contributed by atoms with Crippen molar-refractivity contribution in [2.24, 2.45) is 0 Å². The Kier molecular flexibility index (Phi) is 11.7. The summed E-state index contributed by atoms with van der Waals surface area (Å²) >= 11 is 0. The molecule has 2 aromatic carbocycles. The molecular formula is C43H48F2N14. The molecule has 2 unspecified atom stereocenters. The number of anilines is 4. The summed E-state index contributed by atoms with van der Waals surface area (Å²) in [5, 5.41) is 37.6. The number of benzene rings is 2. The fourth-order valence-corrected chi connectivity index (χ4v) is 6.78. The standard InChI is InChI=1S/C21H22FN7.C20H20FN7.C2H6/c1-13-12-18(27-26-13)24-20-17-6-3-11-29(17)28-21(25-20)19(23-16-4-2-5-16)14-7-9-15(22)10-8-14;1-12-11-17(26-25-12)23-19-16-3-2-10-28(16)27-20(24-19)18(22-15-8-9-15)13-4-6-14(21)7-5-13;1-2/h3,6-12,16,19,23H,2,4-5H2,1H3,(H2,24,25,26,27,28);2-7,10-11,15,18,22H,8-9H2,1H3,(H2,23,24,25,26,27);1-2H3. The quantitative estimate of drug-likeness (QED) is 0.0707. The summed E-state index contributed by atoms with van der Waals surface area (Å²) in [6, 6.07) is 25.0. The van der Waals surface area contributed by atoms with Crippen molar-refractivity contribution < 1.29 is 8.78 Å². The highest BCUT2D eigenvalue weighted by Gasteiger charge is 2.29. The minimum absolute atomic E-state index is 0.221. The number of aromatic nitrogens is 10. The van der Waals surface area contributed by atoms with Gasteiger partial charge in [-0.3, -0.25) is 10.2 Å². The number of hydrogen-bond acceptors (Lipinski definition) is 10. The monoisotopic (exact) mass is 798 g/mol.